The lowest BCUT2D eigenvalue weighted by atomic mass is 10.2. The predicted octanol–water partition coefficient (Wildman–Crippen LogP) is 1.08. The molecule has 1 fully saturated rings. The first-order chi connectivity index (χ1) is 6.81. The number of anilines is 1. The molecule has 1 aliphatic rings. The van der Waals surface area contributed by atoms with Crippen LogP contribution in [0.4, 0.5) is 5.95 Å². The summed E-state index contributed by atoms with van der Waals surface area (Å²) in [6.45, 7) is 4.06. The number of hydrogen-bond acceptors (Lipinski definition) is 5. The Morgan fingerprint density at radius 2 is 2.21 bits per heavy atom. The Hall–Kier alpha value is -1.10. The van der Waals surface area contributed by atoms with Gasteiger partial charge >= 0.3 is 0 Å². The molecular weight excluding hydrogens is 180 g/mol. The monoisotopic (exact) mass is 196 g/mol. The first-order valence-corrected chi connectivity index (χ1v) is 5.15. The molecular formula is C9H16N4O. The molecule has 0 unspecified atom stereocenters. The Kier molecular flexibility index (Phi) is 2.67. The van der Waals surface area contributed by atoms with Crippen LogP contribution in [0.25, 0.3) is 0 Å². The lowest BCUT2D eigenvalue weighted by Crippen LogP contribution is -2.19. The van der Waals surface area contributed by atoms with Crippen molar-refractivity contribution in [3.63, 3.8) is 0 Å². The van der Waals surface area contributed by atoms with Crippen LogP contribution in [0.15, 0.2) is 4.52 Å². The largest absolute Gasteiger partial charge is 0.338 e. The van der Waals surface area contributed by atoms with Crippen molar-refractivity contribution in [2.45, 2.75) is 32.2 Å². The zero-order valence-corrected chi connectivity index (χ0v) is 8.44. The van der Waals surface area contributed by atoms with Crippen molar-refractivity contribution in [2.75, 3.05) is 18.0 Å². The minimum absolute atomic E-state index is 0.126. The topological polar surface area (TPSA) is 68.2 Å². The maximum absolute atomic E-state index is 5.79. The van der Waals surface area contributed by atoms with Gasteiger partial charge < -0.3 is 15.2 Å². The van der Waals surface area contributed by atoms with Crippen LogP contribution in [0, 0.1) is 0 Å². The van der Waals surface area contributed by atoms with E-state index in [2.05, 4.69) is 15.0 Å². The zero-order valence-electron chi connectivity index (χ0n) is 8.44. The van der Waals surface area contributed by atoms with Crippen LogP contribution in [-0.2, 0) is 0 Å². The fourth-order valence-corrected chi connectivity index (χ4v) is 1.60. The highest BCUT2D eigenvalue weighted by atomic mass is 16.5. The summed E-state index contributed by atoms with van der Waals surface area (Å²) in [6, 6.07) is -0.126. The molecule has 0 bridgehead atoms. The summed E-state index contributed by atoms with van der Waals surface area (Å²) in [7, 11) is 0. The molecule has 0 aliphatic carbocycles. The average molecular weight is 196 g/mol. The summed E-state index contributed by atoms with van der Waals surface area (Å²) in [5, 5.41) is 3.93. The summed E-state index contributed by atoms with van der Waals surface area (Å²) >= 11 is 0. The van der Waals surface area contributed by atoms with Crippen molar-refractivity contribution in [2.24, 2.45) is 5.73 Å². The van der Waals surface area contributed by atoms with E-state index >= 15 is 0 Å². The molecule has 1 aromatic heterocycles. The molecule has 0 radical (unpaired) electrons. The molecule has 1 atom stereocenters. The van der Waals surface area contributed by atoms with Crippen LogP contribution in [-0.4, -0.2) is 23.2 Å². The van der Waals surface area contributed by atoms with E-state index < -0.39 is 0 Å². The van der Waals surface area contributed by atoms with E-state index in [-0.39, 0.29) is 6.04 Å². The standard InChI is InChI=1S/C9H16N4O/c1-2-7(10)8-11-9(12-14-8)13-5-3-4-6-13/h7H,2-6,10H2,1H3/t7-/m1/s1. The molecule has 5 heteroatoms. The quantitative estimate of drug-likeness (QED) is 0.783. The smallest absolute Gasteiger partial charge is 0.266 e. The van der Waals surface area contributed by atoms with Crippen molar-refractivity contribution < 1.29 is 4.52 Å². The second-order valence-electron chi connectivity index (χ2n) is 3.64. The Balaban J connectivity index is 2.08. The van der Waals surface area contributed by atoms with Crippen LogP contribution in [0.2, 0.25) is 0 Å². The molecule has 5 nitrogen and oxygen atoms in total. The van der Waals surface area contributed by atoms with Gasteiger partial charge in [-0.05, 0) is 24.4 Å². The minimum Gasteiger partial charge on any atom is -0.338 e. The van der Waals surface area contributed by atoms with Crippen molar-refractivity contribution in [3.05, 3.63) is 5.89 Å². The summed E-state index contributed by atoms with van der Waals surface area (Å²) in [5.41, 5.74) is 5.79. The second-order valence-corrected chi connectivity index (χ2v) is 3.64. The number of aromatic nitrogens is 2. The maximum atomic E-state index is 5.79. The molecule has 2 rings (SSSR count). The van der Waals surface area contributed by atoms with E-state index in [4.69, 9.17) is 10.3 Å². The van der Waals surface area contributed by atoms with E-state index in [9.17, 15) is 0 Å². The number of hydrogen-bond donors (Lipinski definition) is 1. The summed E-state index contributed by atoms with van der Waals surface area (Å²) in [4.78, 5) is 6.42. The molecule has 1 saturated heterocycles. The molecule has 2 heterocycles. The molecule has 0 saturated carbocycles. The van der Waals surface area contributed by atoms with E-state index in [0.717, 1.165) is 19.5 Å². The van der Waals surface area contributed by atoms with Crippen molar-refractivity contribution in [1.29, 1.82) is 0 Å². The van der Waals surface area contributed by atoms with Crippen molar-refractivity contribution in [3.8, 4) is 0 Å². The van der Waals surface area contributed by atoms with E-state index in [1.54, 1.807) is 0 Å². The van der Waals surface area contributed by atoms with Crippen molar-refractivity contribution in [1.82, 2.24) is 10.1 Å². The molecule has 2 N–H and O–H groups in total. The van der Waals surface area contributed by atoms with Crippen LogP contribution < -0.4 is 10.6 Å². The third-order valence-electron chi connectivity index (χ3n) is 2.58. The fraction of sp³-hybridized carbons (Fsp3) is 0.778. The second kappa shape index (κ2) is 3.96. The minimum atomic E-state index is -0.126. The van der Waals surface area contributed by atoms with E-state index in [1.165, 1.54) is 12.8 Å². The van der Waals surface area contributed by atoms with Gasteiger partial charge in [0.2, 0.25) is 5.89 Å². The number of nitrogens with zero attached hydrogens (tertiary/aromatic N) is 3. The summed E-state index contributed by atoms with van der Waals surface area (Å²) in [5.74, 6) is 1.25. The van der Waals surface area contributed by atoms with Gasteiger partial charge in [0.25, 0.3) is 5.95 Å². The van der Waals surface area contributed by atoms with Gasteiger partial charge in [0.05, 0.1) is 6.04 Å². The van der Waals surface area contributed by atoms with Gasteiger partial charge in [-0.15, -0.1) is 0 Å². The Bertz CT molecular complexity index is 293. The van der Waals surface area contributed by atoms with Crippen LogP contribution in [0.1, 0.15) is 38.1 Å². The van der Waals surface area contributed by atoms with E-state index in [1.807, 2.05) is 6.92 Å². The number of rotatable bonds is 3. The highest BCUT2D eigenvalue weighted by Gasteiger charge is 2.19. The molecule has 1 aromatic rings. The zero-order chi connectivity index (χ0) is 9.97. The van der Waals surface area contributed by atoms with Gasteiger partial charge in [-0.2, -0.15) is 4.98 Å². The van der Waals surface area contributed by atoms with Gasteiger partial charge in [-0.1, -0.05) is 6.92 Å². The lowest BCUT2D eigenvalue weighted by molar-refractivity contribution is 0.351. The third kappa shape index (κ3) is 1.72. The molecule has 0 spiro atoms. The van der Waals surface area contributed by atoms with Crippen LogP contribution in [0.5, 0.6) is 0 Å². The molecule has 0 amide bonds. The van der Waals surface area contributed by atoms with Crippen LogP contribution >= 0.6 is 0 Å². The SMILES string of the molecule is CC[C@@H](N)c1nc(N2CCCC2)no1. The average Bonchev–Trinajstić information content (AvgIpc) is 2.86. The highest BCUT2D eigenvalue weighted by Crippen LogP contribution is 2.19. The fourth-order valence-electron chi connectivity index (χ4n) is 1.60. The molecule has 78 valence electrons. The van der Waals surface area contributed by atoms with Gasteiger partial charge in [0.1, 0.15) is 0 Å². The maximum Gasteiger partial charge on any atom is 0.266 e. The summed E-state index contributed by atoms with van der Waals surface area (Å²) in [6.07, 6.45) is 3.25. The van der Waals surface area contributed by atoms with Gasteiger partial charge in [0, 0.05) is 13.1 Å². The lowest BCUT2D eigenvalue weighted by Gasteiger charge is -2.09. The Morgan fingerprint density at radius 3 is 2.86 bits per heavy atom. The van der Waals surface area contributed by atoms with Gasteiger partial charge in [0.15, 0.2) is 0 Å². The summed E-state index contributed by atoms with van der Waals surface area (Å²) < 4.78 is 5.10. The highest BCUT2D eigenvalue weighted by molar-refractivity contribution is 5.29. The Labute approximate surface area is 83.3 Å². The van der Waals surface area contributed by atoms with E-state index in [0.29, 0.717) is 11.8 Å². The first-order valence-electron chi connectivity index (χ1n) is 5.15. The molecule has 14 heavy (non-hydrogen) atoms. The van der Waals surface area contributed by atoms with Crippen molar-refractivity contribution >= 4 is 5.95 Å². The molecule has 1 aliphatic heterocycles. The van der Waals surface area contributed by atoms with Gasteiger partial charge in [-0.25, -0.2) is 0 Å². The number of nitrogens with two attached hydrogens (primary N) is 1. The third-order valence-corrected chi connectivity index (χ3v) is 2.58. The normalized spacial score (nSPS) is 18.9. The molecule has 0 aromatic carbocycles. The first kappa shape index (κ1) is 9.45. The predicted molar refractivity (Wildman–Crippen MR) is 53.0 cm³/mol. The Morgan fingerprint density at radius 1 is 1.50 bits per heavy atom. The van der Waals surface area contributed by atoms with Gasteiger partial charge in [-0.3, -0.25) is 0 Å². The van der Waals surface area contributed by atoms with Crippen LogP contribution in [0.3, 0.4) is 0 Å².